The summed E-state index contributed by atoms with van der Waals surface area (Å²) in [6.45, 7) is 2.02. The molecule has 0 saturated carbocycles. The minimum Gasteiger partial charge on any atom is -0.497 e. The lowest BCUT2D eigenvalue weighted by Gasteiger charge is -2.25. The van der Waals surface area contributed by atoms with E-state index in [1.807, 2.05) is 55.5 Å². The quantitative estimate of drug-likeness (QED) is 0.861. The lowest BCUT2D eigenvalue weighted by atomic mass is 10.2. The molecule has 0 saturated heterocycles. The van der Waals surface area contributed by atoms with Gasteiger partial charge in [0.15, 0.2) is 0 Å². The molecule has 0 aliphatic rings. The smallest absolute Gasteiger partial charge is 0.328 e. The van der Waals surface area contributed by atoms with Gasteiger partial charge in [0.05, 0.1) is 7.11 Å². The summed E-state index contributed by atoms with van der Waals surface area (Å²) < 4.78 is 5.12. The van der Waals surface area contributed by atoms with Crippen molar-refractivity contribution in [3.8, 4) is 5.75 Å². The van der Waals surface area contributed by atoms with E-state index >= 15 is 0 Å². The first kappa shape index (κ1) is 14.9. The third-order valence-electron chi connectivity index (χ3n) is 3.45. The van der Waals surface area contributed by atoms with Crippen LogP contribution in [-0.4, -0.2) is 27.2 Å². The van der Waals surface area contributed by atoms with E-state index in [1.165, 1.54) is 5.56 Å². The number of rotatable bonds is 3. The predicted octanol–water partition coefficient (Wildman–Crippen LogP) is 3.70. The molecule has 2 amide bonds. The summed E-state index contributed by atoms with van der Waals surface area (Å²) in [4.78, 5) is 15.7. The standard InChI is InChI=1S/C17H20N2O2/c1-13-5-7-14(8-6-13)18(2)17(20)19(3)15-9-11-16(21-4)12-10-15/h5-12H,1-4H3. The second-order valence-electron chi connectivity index (χ2n) is 4.93. The number of methoxy groups -OCH3 is 1. The average molecular weight is 284 g/mol. The molecule has 0 spiro atoms. The van der Waals surface area contributed by atoms with E-state index in [2.05, 4.69) is 0 Å². The fourth-order valence-corrected chi connectivity index (χ4v) is 2.02. The fraction of sp³-hybridized carbons (Fsp3) is 0.235. The molecule has 110 valence electrons. The molecule has 0 unspecified atom stereocenters. The average Bonchev–Trinajstić information content (AvgIpc) is 2.53. The second-order valence-corrected chi connectivity index (χ2v) is 4.93. The van der Waals surface area contributed by atoms with Crippen LogP contribution in [0.15, 0.2) is 48.5 Å². The molecular formula is C17H20N2O2. The first-order valence-electron chi connectivity index (χ1n) is 6.75. The zero-order chi connectivity index (χ0) is 15.4. The monoisotopic (exact) mass is 284 g/mol. The molecule has 2 aromatic rings. The Morgan fingerprint density at radius 1 is 0.857 bits per heavy atom. The van der Waals surface area contributed by atoms with Gasteiger partial charge < -0.3 is 4.74 Å². The van der Waals surface area contributed by atoms with Crippen LogP contribution < -0.4 is 14.5 Å². The van der Waals surface area contributed by atoms with E-state index in [9.17, 15) is 4.79 Å². The number of hydrogen-bond donors (Lipinski definition) is 0. The van der Waals surface area contributed by atoms with Gasteiger partial charge in [-0.3, -0.25) is 9.80 Å². The van der Waals surface area contributed by atoms with Crippen molar-refractivity contribution in [2.45, 2.75) is 6.92 Å². The highest BCUT2D eigenvalue weighted by Gasteiger charge is 2.17. The Morgan fingerprint density at radius 3 is 1.71 bits per heavy atom. The van der Waals surface area contributed by atoms with E-state index in [4.69, 9.17) is 4.74 Å². The molecule has 0 atom stereocenters. The molecule has 21 heavy (non-hydrogen) atoms. The molecule has 2 rings (SSSR count). The number of ether oxygens (including phenoxy) is 1. The summed E-state index contributed by atoms with van der Waals surface area (Å²) in [7, 11) is 5.15. The third kappa shape index (κ3) is 3.34. The van der Waals surface area contributed by atoms with Crippen LogP contribution in [0.1, 0.15) is 5.56 Å². The zero-order valence-corrected chi connectivity index (χ0v) is 12.8. The Bertz CT molecular complexity index is 606. The number of carbonyl (C=O) groups excluding carboxylic acids is 1. The van der Waals surface area contributed by atoms with E-state index in [1.54, 1.807) is 31.0 Å². The van der Waals surface area contributed by atoms with E-state index < -0.39 is 0 Å². The number of benzene rings is 2. The van der Waals surface area contributed by atoms with E-state index in [0.717, 1.165) is 17.1 Å². The summed E-state index contributed by atoms with van der Waals surface area (Å²) in [6.07, 6.45) is 0. The van der Waals surface area contributed by atoms with Crippen molar-refractivity contribution in [3.05, 3.63) is 54.1 Å². The molecule has 0 bridgehead atoms. The molecule has 0 aromatic heterocycles. The summed E-state index contributed by atoms with van der Waals surface area (Å²) >= 11 is 0. The lowest BCUT2D eigenvalue weighted by Crippen LogP contribution is -2.38. The van der Waals surface area contributed by atoms with Gasteiger partial charge in [0.1, 0.15) is 5.75 Å². The number of amides is 2. The van der Waals surface area contributed by atoms with Crippen LogP contribution in [0.2, 0.25) is 0 Å². The van der Waals surface area contributed by atoms with Crippen LogP contribution in [0, 0.1) is 6.92 Å². The maximum atomic E-state index is 12.5. The van der Waals surface area contributed by atoms with Crippen molar-refractivity contribution in [1.82, 2.24) is 0 Å². The molecule has 4 heteroatoms. The van der Waals surface area contributed by atoms with Gasteiger partial charge in [-0.2, -0.15) is 0 Å². The maximum absolute atomic E-state index is 12.5. The first-order chi connectivity index (χ1) is 10.0. The number of urea groups is 1. The van der Waals surface area contributed by atoms with Crippen LogP contribution in [0.3, 0.4) is 0 Å². The summed E-state index contributed by atoms with van der Waals surface area (Å²) in [5.41, 5.74) is 2.86. The van der Waals surface area contributed by atoms with Crippen LogP contribution in [-0.2, 0) is 0 Å². The molecule has 0 fully saturated rings. The molecule has 2 aromatic carbocycles. The van der Waals surface area contributed by atoms with Gasteiger partial charge in [-0.25, -0.2) is 4.79 Å². The lowest BCUT2D eigenvalue weighted by molar-refractivity contribution is 0.253. The van der Waals surface area contributed by atoms with Crippen molar-refractivity contribution in [2.75, 3.05) is 31.0 Å². The highest BCUT2D eigenvalue weighted by molar-refractivity contribution is 6.02. The summed E-state index contributed by atoms with van der Waals surface area (Å²) in [5.74, 6) is 0.770. The third-order valence-corrected chi connectivity index (χ3v) is 3.45. The van der Waals surface area contributed by atoms with Gasteiger partial charge in [0, 0.05) is 25.5 Å². The highest BCUT2D eigenvalue weighted by Crippen LogP contribution is 2.21. The highest BCUT2D eigenvalue weighted by atomic mass is 16.5. The van der Waals surface area contributed by atoms with Gasteiger partial charge in [0.2, 0.25) is 0 Å². The van der Waals surface area contributed by atoms with Crippen LogP contribution in [0.25, 0.3) is 0 Å². The van der Waals surface area contributed by atoms with E-state index in [-0.39, 0.29) is 6.03 Å². The number of hydrogen-bond acceptors (Lipinski definition) is 2. The second kappa shape index (κ2) is 6.31. The first-order valence-corrected chi connectivity index (χ1v) is 6.75. The maximum Gasteiger partial charge on any atom is 0.328 e. The van der Waals surface area contributed by atoms with Crippen molar-refractivity contribution in [1.29, 1.82) is 0 Å². The largest absolute Gasteiger partial charge is 0.497 e. The Morgan fingerprint density at radius 2 is 1.29 bits per heavy atom. The van der Waals surface area contributed by atoms with Crippen molar-refractivity contribution in [3.63, 3.8) is 0 Å². The summed E-state index contributed by atoms with van der Waals surface area (Å²) in [6, 6.07) is 15.2. The van der Waals surface area contributed by atoms with E-state index in [0.29, 0.717) is 0 Å². The Balaban J connectivity index is 2.15. The number of carbonyl (C=O) groups is 1. The Hall–Kier alpha value is -2.49. The van der Waals surface area contributed by atoms with Gasteiger partial charge in [-0.15, -0.1) is 0 Å². The van der Waals surface area contributed by atoms with Crippen LogP contribution in [0.5, 0.6) is 5.75 Å². The van der Waals surface area contributed by atoms with Crippen LogP contribution in [0.4, 0.5) is 16.2 Å². The Labute approximate surface area is 125 Å². The molecule has 0 aliphatic heterocycles. The number of nitrogens with zero attached hydrogens (tertiary/aromatic N) is 2. The summed E-state index contributed by atoms with van der Waals surface area (Å²) in [5, 5.41) is 0. The predicted molar refractivity (Wildman–Crippen MR) is 86.4 cm³/mol. The zero-order valence-electron chi connectivity index (χ0n) is 12.8. The SMILES string of the molecule is COc1ccc(N(C)C(=O)N(C)c2ccc(C)cc2)cc1. The Kier molecular flexibility index (Phi) is 4.48. The minimum absolute atomic E-state index is 0.0935. The molecule has 0 radical (unpaired) electrons. The molecular weight excluding hydrogens is 264 g/mol. The van der Waals surface area contributed by atoms with Gasteiger partial charge in [-0.05, 0) is 43.3 Å². The van der Waals surface area contributed by atoms with Crippen LogP contribution >= 0.6 is 0 Å². The van der Waals surface area contributed by atoms with Crippen molar-refractivity contribution in [2.24, 2.45) is 0 Å². The number of anilines is 2. The molecule has 4 nitrogen and oxygen atoms in total. The van der Waals surface area contributed by atoms with Crippen molar-refractivity contribution >= 4 is 17.4 Å². The topological polar surface area (TPSA) is 32.8 Å². The van der Waals surface area contributed by atoms with Gasteiger partial charge in [0.25, 0.3) is 0 Å². The molecule has 0 aliphatic carbocycles. The molecule has 0 N–H and O–H groups in total. The normalized spacial score (nSPS) is 10.1. The fourth-order valence-electron chi connectivity index (χ4n) is 2.02. The van der Waals surface area contributed by atoms with Crippen molar-refractivity contribution < 1.29 is 9.53 Å². The minimum atomic E-state index is -0.0935. The van der Waals surface area contributed by atoms with Gasteiger partial charge >= 0.3 is 6.03 Å². The van der Waals surface area contributed by atoms with Gasteiger partial charge in [-0.1, -0.05) is 17.7 Å². The number of aryl methyl sites for hydroxylation is 1. The molecule has 0 heterocycles.